The summed E-state index contributed by atoms with van der Waals surface area (Å²) < 4.78 is 23.0. The number of hydrogen-bond donors (Lipinski definition) is 0. The minimum atomic E-state index is -0.504. The van der Waals surface area contributed by atoms with Gasteiger partial charge in [0.25, 0.3) is 0 Å². The summed E-state index contributed by atoms with van der Waals surface area (Å²) in [5, 5.41) is 0. The molecule has 0 bridgehead atoms. The van der Waals surface area contributed by atoms with Crippen LogP contribution in [0.3, 0.4) is 0 Å². The van der Waals surface area contributed by atoms with Crippen LogP contribution in [-0.2, 0) is 9.53 Å². The molecule has 1 heterocycles. The third kappa shape index (κ3) is 5.36. The summed E-state index contributed by atoms with van der Waals surface area (Å²) in [6, 6.07) is 22.2. The molecule has 7 heteroatoms. The molecule has 0 unspecified atom stereocenters. The fraction of sp³-hybridized carbons (Fsp3) is 0.120. The molecule has 1 aliphatic heterocycles. The summed E-state index contributed by atoms with van der Waals surface area (Å²) in [5.74, 6) is 1.81. The lowest BCUT2D eigenvalue weighted by atomic mass is 10.1. The molecule has 0 amide bonds. The molecule has 0 saturated heterocycles. The Morgan fingerprint density at radius 3 is 2.53 bits per heavy atom. The van der Waals surface area contributed by atoms with Crippen LogP contribution < -0.4 is 14.2 Å². The van der Waals surface area contributed by atoms with Gasteiger partial charge in [0.15, 0.2) is 5.70 Å². The predicted molar refractivity (Wildman–Crippen MR) is 125 cm³/mol. The van der Waals surface area contributed by atoms with Crippen molar-refractivity contribution in [2.45, 2.75) is 0 Å². The molecule has 0 atom stereocenters. The number of rotatable bonds is 8. The summed E-state index contributed by atoms with van der Waals surface area (Å²) in [5.41, 5.74) is 1.65. The lowest BCUT2D eigenvalue weighted by Crippen LogP contribution is -2.09. The quantitative estimate of drug-likeness (QED) is 0.243. The van der Waals surface area contributed by atoms with Crippen molar-refractivity contribution in [3.63, 3.8) is 0 Å². The molecule has 0 fully saturated rings. The zero-order chi connectivity index (χ0) is 22.3. The van der Waals surface area contributed by atoms with E-state index in [2.05, 4.69) is 20.9 Å². The van der Waals surface area contributed by atoms with E-state index in [1.54, 1.807) is 13.2 Å². The second-order valence-electron chi connectivity index (χ2n) is 6.76. The van der Waals surface area contributed by atoms with Gasteiger partial charge in [0.1, 0.15) is 30.5 Å². The number of cyclic esters (lactones) is 1. The first-order valence-electron chi connectivity index (χ1n) is 9.89. The molecule has 4 rings (SSSR count). The number of halogens is 1. The Morgan fingerprint density at radius 2 is 1.72 bits per heavy atom. The molecule has 0 aromatic heterocycles. The van der Waals surface area contributed by atoms with Crippen molar-refractivity contribution in [3.05, 3.63) is 94.1 Å². The second kappa shape index (κ2) is 10.2. The molecule has 162 valence electrons. The highest BCUT2D eigenvalue weighted by molar-refractivity contribution is 9.10. The van der Waals surface area contributed by atoms with Crippen LogP contribution in [-0.4, -0.2) is 32.2 Å². The maximum absolute atomic E-state index is 12.3. The number of ether oxygens (including phenoxy) is 4. The van der Waals surface area contributed by atoms with E-state index < -0.39 is 5.97 Å². The van der Waals surface area contributed by atoms with Gasteiger partial charge in [-0.2, -0.15) is 0 Å². The third-order valence-electron chi connectivity index (χ3n) is 4.56. The van der Waals surface area contributed by atoms with Gasteiger partial charge in [-0.05, 0) is 48.5 Å². The Balaban J connectivity index is 1.46. The number of aliphatic imine (C=N–C) groups is 1. The standard InChI is InChI=1S/C25H20BrNO5/c1-29-20-8-5-9-21(16-20)30-12-13-31-23-11-10-19(26)14-18(23)15-22-25(28)32-24(27-22)17-6-3-2-4-7-17/h2-11,14-16H,12-13H2,1H3. The van der Waals surface area contributed by atoms with Crippen molar-refractivity contribution < 1.29 is 23.7 Å². The van der Waals surface area contributed by atoms with Gasteiger partial charge in [0.05, 0.1) is 7.11 Å². The molecule has 1 aliphatic rings. The molecule has 3 aromatic carbocycles. The minimum absolute atomic E-state index is 0.208. The van der Waals surface area contributed by atoms with Gasteiger partial charge in [-0.15, -0.1) is 0 Å². The van der Waals surface area contributed by atoms with E-state index in [1.165, 1.54) is 0 Å². The van der Waals surface area contributed by atoms with E-state index in [-0.39, 0.29) is 11.6 Å². The van der Waals surface area contributed by atoms with Crippen LogP contribution in [0.15, 0.2) is 88.0 Å². The van der Waals surface area contributed by atoms with E-state index >= 15 is 0 Å². The average molecular weight is 494 g/mol. The van der Waals surface area contributed by atoms with Crippen molar-refractivity contribution in [2.75, 3.05) is 20.3 Å². The van der Waals surface area contributed by atoms with Gasteiger partial charge < -0.3 is 18.9 Å². The van der Waals surface area contributed by atoms with Crippen molar-refractivity contribution >= 4 is 33.9 Å². The number of carbonyl (C=O) groups is 1. The molecule has 0 N–H and O–H groups in total. The minimum Gasteiger partial charge on any atom is -0.497 e. The number of esters is 1. The highest BCUT2D eigenvalue weighted by Crippen LogP contribution is 2.28. The molecular weight excluding hydrogens is 474 g/mol. The van der Waals surface area contributed by atoms with Crippen LogP contribution in [0.4, 0.5) is 0 Å². The Labute approximate surface area is 194 Å². The number of methoxy groups -OCH3 is 1. The Morgan fingerprint density at radius 1 is 0.938 bits per heavy atom. The predicted octanol–water partition coefficient (Wildman–Crippen LogP) is 5.26. The maximum atomic E-state index is 12.3. The number of hydrogen-bond acceptors (Lipinski definition) is 6. The molecule has 0 spiro atoms. The number of carbonyl (C=O) groups excluding carboxylic acids is 1. The van der Waals surface area contributed by atoms with E-state index in [9.17, 15) is 4.79 Å². The maximum Gasteiger partial charge on any atom is 0.363 e. The van der Waals surface area contributed by atoms with Crippen molar-refractivity contribution in [1.82, 2.24) is 0 Å². The fourth-order valence-electron chi connectivity index (χ4n) is 3.03. The zero-order valence-corrected chi connectivity index (χ0v) is 18.9. The van der Waals surface area contributed by atoms with Gasteiger partial charge >= 0.3 is 5.97 Å². The van der Waals surface area contributed by atoms with Gasteiger partial charge in [0.2, 0.25) is 5.90 Å². The summed E-state index contributed by atoms with van der Waals surface area (Å²) in [6.45, 7) is 0.662. The van der Waals surface area contributed by atoms with Gasteiger partial charge in [-0.3, -0.25) is 0 Å². The molecule has 0 saturated carbocycles. The van der Waals surface area contributed by atoms with Crippen LogP contribution in [0.5, 0.6) is 17.2 Å². The van der Waals surface area contributed by atoms with E-state index in [1.807, 2.05) is 72.8 Å². The second-order valence-corrected chi connectivity index (χ2v) is 7.68. The first kappa shape index (κ1) is 21.6. The van der Waals surface area contributed by atoms with Crippen LogP contribution in [0.25, 0.3) is 6.08 Å². The molecular formula is C25H20BrNO5. The van der Waals surface area contributed by atoms with Crippen LogP contribution in [0, 0.1) is 0 Å². The lowest BCUT2D eigenvalue weighted by molar-refractivity contribution is -0.129. The lowest BCUT2D eigenvalue weighted by Gasteiger charge is -2.11. The Hall–Kier alpha value is -3.58. The Kier molecular flexibility index (Phi) is 6.87. The number of nitrogens with zero attached hydrogens (tertiary/aromatic N) is 1. The normalized spacial score (nSPS) is 14.1. The van der Waals surface area contributed by atoms with E-state index in [4.69, 9.17) is 18.9 Å². The monoisotopic (exact) mass is 493 g/mol. The molecule has 6 nitrogen and oxygen atoms in total. The van der Waals surface area contributed by atoms with Crippen LogP contribution >= 0.6 is 15.9 Å². The summed E-state index contributed by atoms with van der Waals surface area (Å²) in [6.07, 6.45) is 1.65. The van der Waals surface area contributed by atoms with E-state index in [0.717, 1.165) is 15.8 Å². The highest BCUT2D eigenvalue weighted by Gasteiger charge is 2.24. The van der Waals surface area contributed by atoms with Gasteiger partial charge in [-0.1, -0.05) is 40.2 Å². The first-order chi connectivity index (χ1) is 15.6. The van der Waals surface area contributed by atoms with Crippen LogP contribution in [0.1, 0.15) is 11.1 Å². The van der Waals surface area contributed by atoms with Crippen LogP contribution in [0.2, 0.25) is 0 Å². The first-order valence-corrected chi connectivity index (χ1v) is 10.7. The Bertz CT molecular complexity index is 1170. The van der Waals surface area contributed by atoms with E-state index in [0.29, 0.717) is 30.3 Å². The SMILES string of the molecule is COc1cccc(OCCOc2ccc(Br)cc2C=C2N=C(c3ccccc3)OC2=O)c1. The molecule has 0 aliphatic carbocycles. The van der Waals surface area contributed by atoms with Crippen molar-refractivity contribution in [2.24, 2.45) is 4.99 Å². The summed E-state index contributed by atoms with van der Waals surface area (Å²) in [4.78, 5) is 16.7. The zero-order valence-electron chi connectivity index (χ0n) is 17.3. The fourth-order valence-corrected chi connectivity index (χ4v) is 3.41. The molecule has 3 aromatic rings. The molecule has 0 radical (unpaired) electrons. The summed E-state index contributed by atoms with van der Waals surface area (Å²) in [7, 11) is 1.61. The van der Waals surface area contributed by atoms with Crippen molar-refractivity contribution in [3.8, 4) is 17.2 Å². The highest BCUT2D eigenvalue weighted by atomic mass is 79.9. The molecule has 32 heavy (non-hydrogen) atoms. The summed E-state index contributed by atoms with van der Waals surface area (Å²) >= 11 is 3.46. The third-order valence-corrected chi connectivity index (χ3v) is 5.05. The van der Waals surface area contributed by atoms with Crippen molar-refractivity contribution in [1.29, 1.82) is 0 Å². The topological polar surface area (TPSA) is 66.3 Å². The number of benzene rings is 3. The van der Waals surface area contributed by atoms with Gasteiger partial charge in [-0.25, -0.2) is 9.79 Å². The van der Waals surface area contributed by atoms with Gasteiger partial charge in [0, 0.05) is 21.7 Å². The largest absolute Gasteiger partial charge is 0.497 e. The average Bonchev–Trinajstić information content (AvgIpc) is 3.19. The smallest absolute Gasteiger partial charge is 0.363 e.